The molecule has 2 rings (SSSR count). The summed E-state index contributed by atoms with van der Waals surface area (Å²) in [7, 11) is 3.35. The standard InChI is InChI=1S/C11H11BrN4O3S/c1-15-4-6(8(12)13-15)10(17)19-11(18)7-5-16(2)14-9(7)20-3/h4-5H,1-3H3. The van der Waals surface area contributed by atoms with E-state index in [0.717, 1.165) is 0 Å². The first kappa shape index (κ1) is 14.8. The smallest absolute Gasteiger partial charge is 0.350 e. The highest BCUT2D eigenvalue weighted by molar-refractivity contribution is 9.10. The zero-order valence-corrected chi connectivity index (χ0v) is 13.4. The van der Waals surface area contributed by atoms with Crippen molar-refractivity contribution in [3.63, 3.8) is 0 Å². The summed E-state index contributed by atoms with van der Waals surface area (Å²) >= 11 is 4.44. The van der Waals surface area contributed by atoms with E-state index in [1.165, 1.54) is 33.5 Å². The summed E-state index contributed by atoms with van der Waals surface area (Å²) in [4.78, 5) is 23.9. The number of aryl methyl sites for hydroxylation is 2. The Bertz CT molecular complexity index is 679. The van der Waals surface area contributed by atoms with Gasteiger partial charge in [0.1, 0.15) is 20.8 Å². The van der Waals surface area contributed by atoms with Gasteiger partial charge in [-0.15, -0.1) is 11.8 Å². The Morgan fingerprint density at radius 1 is 1.15 bits per heavy atom. The number of hydrogen-bond acceptors (Lipinski definition) is 6. The number of esters is 2. The molecule has 2 aromatic rings. The van der Waals surface area contributed by atoms with Crippen LogP contribution in [0, 0.1) is 0 Å². The van der Waals surface area contributed by atoms with Gasteiger partial charge in [0.15, 0.2) is 0 Å². The van der Waals surface area contributed by atoms with E-state index in [2.05, 4.69) is 26.1 Å². The first-order valence-corrected chi connectivity index (χ1v) is 7.47. The van der Waals surface area contributed by atoms with Crippen molar-refractivity contribution in [3.8, 4) is 0 Å². The molecule has 0 radical (unpaired) electrons. The number of hydrogen-bond donors (Lipinski definition) is 0. The quantitative estimate of drug-likeness (QED) is 0.471. The summed E-state index contributed by atoms with van der Waals surface area (Å²) in [5, 5.41) is 8.55. The normalized spacial score (nSPS) is 10.6. The average molecular weight is 359 g/mol. The molecule has 0 N–H and O–H groups in total. The van der Waals surface area contributed by atoms with Crippen LogP contribution in [0.4, 0.5) is 0 Å². The van der Waals surface area contributed by atoms with Gasteiger partial charge < -0.3 is 4.74 Å². The summed E-state index contributed by atoms with van der Waals surface area (Å²) in [5.74, 6) is -1.49. The third-order valence-corrected chi connectivity index (χ3v) is 3.67. The summed E-state index contributed by atoms with van der Waals surface area (Å²) < 4.78 is 8.11. The largest absolute Gasteiger partial charge is 0.385 e. The lowest BCUT2D eigenvalue weighted by Crippen LogP contribution is -2.13. The first-order valence-electron chi connectivity index (χ1n) is 5.45. The van der Waals surface area contributed by atoms with E-state index in [-0.39, 0.29) is 11.1 Å². The fraction of sp³-hybridized carbons (Fsp3) is 0.273. The maximum absolute atomic E-state index is 12.0. The lowest BCUT2D eigenvalue weighted by Gasteiger charge is -2.00. The maximum Gasteiger partial charge on any atom is 0.350 e. The Kier molecular flexibility index (Phi) is 4.29. The van der Waals surface area contributed by atoms with Crippen LogP contribution in [0.15, 0.2) is 22.0 Å². The fourth-order valence-corrected chi connectivity index (χ4v) is 2.63. The van der Waals surface area contributed by atoms with Crippen molar-refractivity contribution in [2.75, 3.05) is 6.26 Å². The van der Waals surface area contributed by atoms with E-state index in [1.807, 2.05) is 0 Å². The summed E-state index contributed by atoms with van der Waals surface area (Å²) in [6, 6.07) is 0. The minimum atomic E-state index is -0.758. The van der Waals surface area contributed by atoms with Gasteiger partial charge in [-0.3, -0.25) is 9.36 Å². The van der Waals surface area contributed by atoms with Crippen LogP contribution < -0.4 is 0 Å². The van der Waals surface area contributed by atoms with Crippen molar-refractivity contribution in [2.45, 2.75) is 5.03 Å². The predicted octanol–water partition coefficient (Wildman–Crippen LogP) is 1.64. The molecular formula is C11H11BrN4O3S. The molecule has 0 unspecified atom stereocenters. The SMILES string of the molecule is CSc1nn(C)cc1C(=O)OC(=O)c1cn(C)nc1Br. The minimum Gasteiger partial charge on any atom is -0.385 e. The number of aromatic nitrogens is 4. The van der Waals surface area contributed by atoms with Crippen molar-refractivity contribution in [2.24, 2.45) is 14.1 Å². The second kappa shape index (κ2) is 5.80. The Morgan fingerprint density at radius 2 is 1.70 bits per heavy atom. The number of halogens is 1. The molecule has 0 saturated heterocycles. The predicted molar refractivity (Wildman–Crippen MR) is 75.6 cm³/mol. The van der Waals surface area contributed by atoms with Gasteiger partial charge in [0, 0.05) is 26.5 Å². The third kappa shape index (κ3) is 2.93. The summed E-state index contributed by atoms with van der Waals surface area (Å²) in [5.41, 5.74) is 0.448. The molecule has 0 aliphatic carbocycles. The topological polar surface area (TPSA) is 79.0 Å². The molecule has 106 valence electrons. The second-order valence-corrected chi connectivity index (χ2v) is 5.46. The van der Waals surface area contributed by atoms with Crippen LogP contribution in [0.25, 0.3) is 0 Å². The molecule has 0 aliphatic rings. The van der Waals surface area contributed by atoms with Gasteiger partial charge in [0.2, 0.25) is 0 Å². The van der Waals surface area contributed by atoms with Gasteiger partial charge in [0.25, 0.3) is 0 Å². The number of nitrogens with zero attached hydrogens (tertiary/aromatic N) is 4. The highest BCUT2D eigenvalue weighted by atomic mass is 79.9. The molecule has 0 atom stereocenters. The fourth-order valence-electron chi connectivity index (χ4n) is 1.55. The monoisotopic (exact) mass is 358 g/mol. The molecular weight excluding hydrogens is 348 g/mol. The van der Waals surface area contributed by atoms with Crippen molar-refractivity contribution < 1.29 is 14.3 Å². The molecule has 0 aromatic carbocycles. The van der Waals surface area contributed by atoms with Crippen LogP contribution in [-0.2, 0) is 18.8 Å². The Labute approximate surface area is 127 Å². The van der Waals surface area contributed by atoms with Crippen molar-refractivity contribution in [1.29, 1.82) is 0 Å². The average Bonchev–Trinajstić information content (AvgIpc) is 2.91. The molecule has 9 heteroatoms. The zero-order valence-electron chi connectivity index (χ0n) is 11.0. The van der Waals surface area contributed by atoms with Crippen LogP contribution in [0.3, 0.4) is 0 Å². The van der Waals surface area contributed by atoms with Crippen molar-refractivity contribution in [3.05, 3.63) is 28.1 Å². The Balaban J connectivity index is 2.19. The molecule has 0 aliphatic heterocycles. The molecule has 0 fully saturated rings. The molecule has 20 heavy (non-hydrogen) atoms. The highest BCUT2D eigenvalue weighted by Crippen LogP contribution is 2.20. The molecule has 7 nitrogen and oxygen atoms in total. The second-order valence-electron chi connectivity index (χ2n) is 3.91. The van der Waals surface area contributed by atoms with Crippen molar-refractivity contribution in [1.82, 2.24) is 19.6 Å². The van der Waals surface area contributed by atoms with Gasteiger partial charge in [-0.2, -0.15) is 10.2 Å². The van der Waals surface area contributed by atoms with Gasteiger partial charge in [-0.1, -0.05) is 0 Å². The van der Waals surface area contributed by atoms with E-state index < -0.39 is 11.9 Å². The van der Waals surface area contributed by atoms with E-state index in [1.54, 1.807) is 20.4 Å². The lowest BCUT2D eigenvalue weighted by molar-refractivity contribution is 0.0394. The molecule has 0 saturated carbocycles. The Morgan fingerprint density at radius 3 is 2.25 bits per heavy atom. The van der Waals surface area contributed by atoms with E-state index in [9.17, 15) is 9.59 Å². The van der Waals surface area contributed by atoms with Gasteiger partial charge in [-0.05, 0) is 22.2 Å². The van der Waals surface area contributed by atoms with E-state index >= 15 is 0 Å². The van der Waals surface area contributed by atoms with Crippen LogP contribution in [-0.4, -0.2) is 37.8 Å². The minimum absolute atomic E-state index is 0.190. The van der Waals surface area contributed by atoms with Gasteiger partial charge >= 0.3 is 11.9 Å². The summed E-state index contributed by atoms with van der Waals surface area (Å²) in [6.07, 6.45) is 4.77. The van der Waals surface area contributed by atoms with Crippen LogP contribution >= 0.6 is 27.7 Å². The van der Waals surface area contributed by atoms with E-state index in [0.29, 0.717) is 9.63 Å². The van der Waals surface area contributed by atoms with Crippen molar-refractivity contribution >= 4 is 39.6 Å². The number of thioether (sulfide) groups is 1. The van der Waals surface area contributed by atoms with Crippen LogP contribution in [0.5, 0.6) is 0 Å². The third-order valence-electron chi connectivity index (χ3n) is 2.40. The first-order chi connectivity index (χ1) is 9.42. The van der Waals surface area contributed by atoms with Gasteiger partial charge in [0.05, 0.1) is 0 Å². The number of rotatable bonds is 3. The number of ether oxygens (including phenoxy) is 1. The molecule has 2 aromatic heterocycles. The number of carbonyl (C=O) groups excluding carboxylic acids is 2. The summed E-state index contributed by atoms with van der Waals surface area (Å²) in [6.45, 7) is 0. The number of carbonyl (C=O) groups is 2. The highest BCUT2D eigenvalue weighted by Gasteiger charge is 2.23. The lowest BCUT2D eigenvalue weighted by atomic mass is 10.3. The molecule has 0 spiro atoms. The molecule has 0 amide bonds. The van der Waals surface area contributed by atoms with Gasteiger partial charge in [-0.25, -0.2) is 9.59 Å². The molecule has 0 bridgehead atoms. The maximum atomic E-state index is 12.0. The zero-order chi connectivity index (χ0) is 14.9. The van der Waals surface area contributed by atoms with Crippen LogP contribution in [0.1, 0.15) is 20.7 Å². The van der Waals surface area contributed by atoms with E-state index in [4.69, 9.17) is 4.74 Å². The van der Waals surface area contributed by atoms with Crippen LogP contribution in [0.2, 0.25) is 0 Å². The molecule has 2 heterocycles. The Hall–Kier alpha value is -1.61.